The highest BCUT2D eigenvalue weighted by Gasteiger charge is 2.15. The Labute approximate surface area is 143 Å². The van der Waals surface area contributed by atoms with Gasteiger partial charge in [-0.3, -0.25) is 4.79 Å². The molecular formula is C17H9F2N3O2S. The quantitative estimate of drug-likeness (QED) is 0.523. The van der Waals surface area contributed by atoms with Crippen molar-refractivity contribution >= 4 is 27.8 Å². The number of nitrogens with zero attached hydrogens (tertiary/aromatic N) is 3. The number of fused-ring (bicyclic) bond motifs is 1. The third kappa shape index (κ3) is 2.66. The molecule has 0 spiro atoms. The van der Waals surface area contributed by atoms with Gasteiger partial charge in [0.2, 0.25) is 0 Å². The minimum atomic E-state index is -0.766. The van der Waals surface area contributed by atoms with Gasteiger partial charge in [-0.2, -0.15) is 9.78 Å². The van der Waals surface area contributed by atoms with Gasteiger partial charge in [-0.15, -0.1) is 11.3 Å². The Kier molecular flexibility index (Phi) is 3.73. The number of rotatable bonds is 3. The molecular weight excluding hydrogens is 348 g/mol. The molecule has 0 aliphatic rings. The Bertz CT molecular complexity index is 1130. The van der Waals surface area contributed by atoms with Crippen molar-refractivity contribution in [3.05, 3.63) is 75.9 Å². The Morgan fingerprint density at radius 2 is 2.00 bits per heavy atom. The third-order valence-electron chi connectivity index (χ3n) is 3.58. The largest absolute Gasteiger partial charge is 0.464 e. The van der Waals surface area contributed by atoms with Gasteiger partial charge in [0.15, 0.2) is 0 Å². The summed E-state index contributed by atoms with van der Waals surface area (Å²) in [6.45, 7) is 0. The topological polar surface area (TPSA) is 60.4 Å². The van der Waals surface area contributed by atoms with Crippen LogP contribution in [0.3, 0.4) is 0 Å². The molecule has 0 aliphatic carbocycles. The van der Waals surface area contributed by atoms with Crippen LogP contribution in [-0.4, -0.2) is 15.9 Å². The van der Waals surface area contributed by atoms with Crippen LogP contribution in [0.25, 0.3) is 21.5 Å². The minimum Gasteiger partial charge on any atom is -0.464 e. The van der Waals surface area contributed by atoms with Crippen molar-refractivity contribution in [3.8, 4) is 11.3 Å². The lowest BCUT2D eigenvalue weighted by atomic mass is 10.2. The second-order valence-corrected chi connectivity index (χ2v) is 5.94. The summed E-state index contributed by atoms with van der Waals surface area (Å²) in [5.74, 6) is -0.998. The zero-order chi connectivity index (χ0) is 17.4. The minimum absolute atomic E-state index is 0.328. The van der Waals surface area contributed by atoms with Crippen molar-refractivity contribution in [1.82, 2.24) is 9.66 Å². The Morgan fingerprint density at radius 1 is 1.20 bits per heavy atom. The van der Waals surface area contributed by atoms with Gasteiger partial charge in [0.25, 0.3) is 5.56 Å². The van der Waals surface area contributed by atoms with Gasteiger partial charge >= 0.3 is 0 Å². The van der Waals surface area contributed by atoms with Gasteiger partial charge in [0, 0.05) is 10.9 Å². The maximum atomic E-state index is 13.7. The van der Waals surface area contributed by atoms with Crippen LogP contribution in [0.1, 0.15) is 5.56 Å². The lowest BCUT2D eigenvalue weighted by molar-refractivity contribution is 0.579. The van der Waals surface area contributed by atoms with Crippen molar-refractivity contribution in [2.24, 2.45) is 5.10 Å². The lowest BCUT2D eigenvalue weighted by Gasteiger charge is -2.01. The van der Waals surface area contributed by atoms with Crippen LogP contribution in [0.15, 0.2) is 62.6 Å². The monoisotopic (exact) mass is 357 g/mol. The first-order valence-electron chi connectivity index (χ1n) is 7.16. The Morgan fingerprint density at radius 3 is 2.72 bits per heavy atom. The van der Waals surface area contributed by atoms with Crippen molar-refractivity contribution in [2.75, 3.05) is 0 Å². The first-order chi connectivity index (χ1) is 12.1. The summed E-state index contributed by atoms with van der Waals surface area (Å²) in [7, 11) is 0. The SMILES string of the molecule is O=c1c2c(-c3ccco3)csc2ncn1/N=C\c1c(F)cccc1F. The maximum Gasteiger partial charge on any atom is 0.283 e. The number of benzene rings is 1. The van der Waals surface area contributed by atoms with Crippen molar-refractivity contribution in [3.63, 3.8) is 0 Å². The van der Waals surface area contributed by atoms with Gasteiger partial charge in [0.05, 0.1) is 23.4 Å². The molecule has 3 aromatic heterocycles. The van der Waals surface area contributed by atoms with E-state index in [1.54, 1.807) is 17.5 Å². The molecule has 8 heteroatoms. The summed E-state index contributed by atoms with van der Waals surface area (Å²) < 4.78 is 33.6. The normalized spacial score (nSPS) is 11.6. The summed E-state index contributed by atoms with van der Waals surface area (Å²) in [6, 6.07) is 6.93. The molecule has 0 bridgehead atoms. The smallest absolute Gasteiger partial charge is 0.283 e. The zero-order valence-electron chi connectivity index (χ0n) is 12.5. The van der Waals surface area contributed by atoms with E-state index in [0.29, 0.717) is 21.5 Å². The van der Waals surface area contributed by atoms with Crippen LogP contribution in [0.4, 0.5) is 8.78 Å². The number of furan rings is 1. The van der Waals surface area contributed by atoms with Crippen LogP contribution in [0, 0.1) is 11.6 Å². The predicted molar refractivity (Wildman–Crippen MR) is 90.9 cm³/mol. The molecule has 3 heterocycles. The van der Waals surface area contributed by atoms with Gasteiger partial charge in [-0.1, -0.05) is 6.07 Å². The molecule has 4 rings (SSSR count). The molecule has 5 nitrogen and oxygen atoms in total. The third-order valence-corrected chi connectivity index (χ3v) is 4.46. The molecule has 0 amide bonds. The summed E-state index contributed by atoms with van der Waals surface area (Å²) in [5, 5.41) is 5.97. The maximum absolute atomic E-state index is 13.7. The van der Waals surface area contributed by atoms with Gasteiger partial charge < -0.3 is 4.42 Å². The second kappa shape index (κ2) is 6.06. The van der Waals surface area contributed by atoms with Crippen molar-refractivity contribution < 1.29 is 13.2 Å². The van der Waals surface area contributed by atoms with E-state index in [0.717, 1.165) is 23.0 Å². The Hall–Kier alpha value is -3.13. The molecule has 0 atom stereocenters. The molecule has 1 aromatic carbocycles. The van der Waals surface area contributed by atoms with Crippen molar-refractivity contribution in [1.29, 1.82) is 0 Å². The highest BCUT2D eigenvalue weighted by molar-refractivity contribution is 7.17. The van der Waals surface area contributed by atoms with E-state index in [9.17, 15) is 13.6 Å². The number of halogens is 2. The van der Waals surface area contributed by atoms with Gasteiger partial charge in [-0.05, 0) is 24.3 Å². The molecule has 4 aromatic rings. The summed E-state index contributed by atoms with van der Waals surface area (Å²) in [4.78, 5) is 17.4. The molecule has 0 saturated heterocycles. The van der Waals surface area contributed by atoms with Crippen LogP contribution >= 0.6 is 11.3 Å². The molecule has 0 N–H and O–H groups in total. The highest BCUT2D eigenvalue weighted by atomic mass is 32.1. The van der Waals surface area contributed by atoms with E-state index in [1.165, 1.54) is 30.0 Å². The predicted octanol–water partition coefficient (Wildman–Crippen LogP) is 3.88. The van der Waals surface area contributed by atoms with E-state index < -0.39 is 17.2 Å². The van der Waals surface area contributed by atoms with E-state index in [1.807, 2.05) is 0 Å². The molecule has 0 aliphatic heterocycles. The average Bonchev–Trinajstić information content (AvgIpc) is 3.25. The molecule has 0 unspecified atom stereocenters. The number of thiophene rings is 1. The van der Waals surface area contributed by atoms with Crippen LogP contribution in [0.5, 0.6) is 0 Å². The molecule has 0 saturated carbocycles. The van der Waals surface area contributed by atoms with Crippen LogP contribution in [-0.2, 0) is 0 Å². The van der Waals surface area contributed by atoms with E-state index in [-0.39, 0.29) is 5.56 Å². The fourth-order valence-corrected chi connectivity index (χ4v) is 3.26. The molecule has 25 heavy (non-hydrogen) atoms. The van der Waals surface area contributed by atoms with E-state index in [4.69, 9.17) is 4.42 Å². The summed E-state index contributed by atoms with van der Waals surface area (Å²) in [6.07, 6.45) is 3.67. The van der Waals surface area contributed by atoms with Gasteiger partial charge in [-0.25, -0.2) is 13.8 Å². The number of hydrogen-bond acceptors (Lipinski definition) is 5. The zero-order valence-corrected chi connectivity index (χ0v) is 13.3. The first-order valence-corrected chi connectivity index (χ1v) is 8.04. The first kappa shape index (κ1) is 15.4. The lowest BCUT2D eigenvalue weighted by Crippen LogP contribution is -2.17. The van der Waals surface area contributed by atoms with Crippen molar-refractivity contribution in [2.45, 2.75) is 0 Å². The van der Waals surface area contributed by atoms with Crippen LogP contribution < -0.4 is 5.56 Å². The molecule has 124 valence electrons. The standard InChI is InChI=1S/C17H9F2N3O2S/c18-12-3-1-4-13(19)10(12)7-21-22-9-20-16-15(17(22)23)11(8-25-16)14-5-2-6-24-14/h1-9H/b21-7-. The summed E-state index contributed by atoms with van der Waals surface area (Å²) in [5.41, 5.74) is -0.180. The highest BCUT2D eigenvalue weighted by Crippen LogP contribution is 2.30. The average molecular weight is 357 g/mol. The van der Waals surface area contributed by atoms with E-state index >= 15 is 0 Å². The van der Waals surface area contributed by atoms with Crippen LogP contribution in [0.2, 0.25) is 0 Å². The second-order valence-electron chi connectivity index (χ2n) is 5.08. The van der Waals surface area contributed by atoms with E-state index in [2.05, 4.69) is 10.1 Å². The Balaban J connectivity index is 1.84. The van der Waals surface area contributed by atoms with Gasteiger partial charge in [0.1, 0.15) is 28.6 Å². The fourth-order valence-electron chi connectivity index (χ4n) is 2.37. The summed E-state index contributed by atoms with van der Waals surface area (Å²) >= 11 is 1.30. The number of aromatic nitrogens is 2. The molecule has 0 fully saturated rings. The fraction of sp³-hybridized carbons (Fsp3) is 0. The molecule has 0 radical (unpaired) electrons. The number of hydrogen-bond donors (Lipinski definition) is 0.